The van der Waals surface area contributed by atoms with Crippen LogP contribution in [-0.4, -0.2) is 45.6 Å². The number of hydrogen-bond acceptors (Lipinski definition) is 6. The largest absolute Gasteiger partial charge is 0.465 e. The number of nitrogens with one attached hydrogen (secondary N) is 2. The van der Waals surface area contributed by atoms with Gasteiger partial charge < -0.3 is 20.3 Å². The van der Waals surface area contributed by atoms with Gasteiger partial charge in [0, 0.05) is 36.4 Å². The lowest BCUT2D eigenvalue weighted by Gasteiger charge is -2.21. The number of rotatable bonds is 10. The summed E-state index contributed by atoms with van der Waals surface area (Å²) >= 11 is 25.2. The number of pyridine rings is 1. The first kappa shape index (κ1) is 28.7. The van der Waals surface area contributed by atoms with Crippen LogP contribution in [0.25, 0.3) is 22.7 Å². The van der Waals surface area contributed by atoms with Gasteiger partial charge in [0.1, 0.15) is 11.4 Å². The van der Waals surface area contributed by atoms with Crippen molar-refractivity contribution < 1.29 is 24.0 Å². The van der Waals surface area contributed by atoms with Crippen molar-refractivity contribution in [2.24, 2.45) is 5.92 Å². The molecule has 2 aromatic heterocycles. The van der Waals surface area contributed by atoms with Gasteiger partial charge in [-0.25, -0.2) is 4.79 Å². The Morgan fingerprint density at radius 3 is 2.38 bits per heavy atom. The number of halogens is 4. The summed E-state index contributed by atoms with van der Waals surface area (Å²) in [5, 5.41) is 18.4. The van der Waals surface area contributed by atoms with E-state index in [0.717, 1.165) is 0 Å². The standard InChI is InChI=1S/C24H22Cl4N4O5/c1-12(2)21(31-23(35)36)18(33)7-9-30-22(34)24(27,28)13-6-8-29-16(10-13)19-11-17(32-37-19)20-14(25)4-3-5-15(20)26/h3-6,8,10-12,21,31H,7,9H2,1-2H3,(H,30,34)(H,35,36). The summed E-state index contributed by atoms with van der Waals surface area (Å²) < 4.78 is 3.38. The number of carbonyl (C=O) groups excluding carboxylic acids is 2. The average molecular weight is 588 g/mol. The van der Waals surface area contributed by atoms with Crippen LogP contribution >= 0.6 is 46.4 Å². The molecule has 0 bridgehead atoms. The molecule has 1 unspecified atom stereocenters. The Balaban J connectivity index is 1.71. The highest BCUT2D eigenvalue weighted by atomic mass is 35.5. The van der Waals surface area contributed by atoms with Gasteiger partial charge >= 0.3 is 6.09 Å². The number of carboxylic acid groups (broad SMARTS) is 1. The van der Waals surface area contributed by atoms with E-state index in [1.54, 1.807) is 38.1 Å². The van der Waals surface area contributed by atoms with Gasteiger partial charge in [-0.3, -0.25) is 14.6 Å². The van der Waals surface area contributed by atoms with Crippen molar-refractivity contribution in [3.05, 3.63) is 58.2 Å². The monoisotopic (exact) mass is 586 g/mol. The smallest absolute Gasteiger partial charge is 0.405 e. The Kier molecular flexibility index (Phi) is 9.41. The summed E-state index contributed by atoms with van der Waals surface area (Å²) in [4.78, 5) is 40.3. The maximum atomic E-state index is 12.8. The minimum Gasteiger partial charge on any atom is -0.465 e. The van der Waals surface area contributed by atoms with Crippen molar-refractivity contribution in [1.29, 1.82) is 0 Å². The fourth-order valence-electron chi connectivity index (χ4n) is 3.47. The first-order chi connectivity index (χ1) is 17.4. The maximum absolute atomic E-state index is 12.8. The molecule has 13 heteroatoms. The van der Waals surface area contributed by atoms with Gasteiger partial charge in [0.05, 0.1) is 16.1 Å². The van der Waals surface area contributed by atoms with Crippen molar-refractivity contribution in [3.8, 4) is 22.7 Å². The van der Waals surface area contributed by atoms with E-state index in [-0.39, 0.29) is 36.0 Å². The zero-order valence-electron chi connectivity index (χ0n) is 19.6. The van der Waals surface area contributed by atoms with Crippen LogP contribution in [-0.2, 0) is 13.9 Å². The van der Waals surface area contributed by atoms with Crippen molar-refractivity contribution in [3.63, 3.8) is 0 Å². The van der Waals surface area contributed by atoms with E-state index in [1.165, 1.54) is 18.3 Å². The minimum atomic E-state index is -2.02. The van der Waals surface area contributed by atoms with Gasteiger partial charge in [0.25, 0.3) is 5.91 Å². The zero-order valence-corrected chi connectivity index (χ0v) is 22.6. The quantitative estimate of drug-likeness (QED) is 0.259. The molecule has 0 fully saturated rings. The molecule has 0 spiro atoms. The highest BCUT2D eigenvalue weighted by molar-refractivity contribution is 6.57. The maximum Gasteiger partial charge on any atom is 0.405 e. The molecular formula is C24H22Cl4N4O5. The molecule has 2 amide bonds. The van der Waals surface area contributed by atoms with E-state index in [0.29, 0.717) is 27.0 Å². The van der Waals surface area contributed by atoms with Crippen LogP contribution in [0.2, 0.25) is 10.0 Å². The number of benzene rings is 1. The number of hydrogen-bond donors (Lipinski definition) is 3. The minimum absolute atomic E-state index is 0.0919. The molecule has 0 aliphatic carbocycles. The molecule has 0 aliphatic heterocycles. The summed E-state index contributed by atoms with van der Waals surface area (Å²) in [6.45, 7) is 3.33. The summed E-state index contributed by atoms with van der Waals surface area (Å²) in [6.07, 6.45) is -0.0265. The summed E-state index contributed by atoms with van der Waals surface area (Å²) in [5.74, 6) is -1.15. The number of ketones is 1. The Bertz CT molecular complexity index is 1290. The first-order valence-corrected chi connectivity index (χ1v) is 12.5. The van der Waals surface area contributed by atoms with Crippen molar-refractivity contribution >= 4 is 64.2 Å². The number of aromatic nitrogens is 2. The molecule has 1 aromatic carbocycles. The molecule has 0 saturated heterocycles. The van der Waals surface area contributed by atoms with Gasteiger partial charge in [-0.05, 0) is 30.2 Å². The van der Waals surface area contributed by atoms with E-state index in [1.807, 2.05) is 0 Å². The second kappa shape index (κ2) is 12.1. The Morgan fingerprint density at radius 2 is 1.76 bits per heavy atom. The third-order valence-corrected chi connectivity index (χ3v) is 6.75. The highest BCUT2D eigenvalue weighted by Gasteiger charge is 2.36. The van der Waals surface area contributed by atoms with Crippen LogP contribution in [0, 0.1) is 5.92 Å². The molecule has 3 aromatic rings. The number of carbonyl (C=O) groups is 3. The van der Waals surface area contributed by atoms with Crippen molar-refractivity contribution in [1.82, 2.24) is 20.8 Å². The summed E-state index contributed by atoms with van der Waals surface area (Å²) in [7, 11) is 0. The highest BCUT2D eigenvalue weighted by Crippen LogP contribution is 2.38. The third-order valence-electron chi connectivity index (χ3n) is 5.34. The van der Waals surface area contributed by atoms with Crippen LogP contribution in [0.15, 0.2) is 47.1 Å². The van der Waals surface area contributed by atoms with E-state index in [2.05, 4.69) is 20.8 Å². The Labute approximate surface area is 232 Å². The number of nitrogens with zero attached hydrogens (tertiary/aromatic N) is 2. The van der Waals surface area contributed by atoms with Crippen LogP contribution in [0.4, 0.5) is 4.79 Å². The van der Waals surface area contributed by atoms with Gasteiger partial charge in [0.15, 0.2) is 11.5 Å². The Hall–Kier alpha value is -2.85. The van der Waals surface area contributed by atoms with E-state index >= 15 is 0 Å². The van der Waals surface area contributed by atoms with Crippen LogP contribution in [0.1, 0.15) is 25.8 Å². The number of Topliss-reactive ketones (excluding diaryl/α,β-unsaturated/α-hetero) is 1. The molecule has 3 rings (SSSR count). The molecule has 9 nitrogen and oxygen atoms in total. The third kappa shape index (κ3) is 6.93. The van der Waals surface area contributed by atoms with Crippen LogP contribution in [0.5, 0.6) is 0 Å². The molecule has 0 aliphatic rings. The molecule has 0 radical (unpaired) electrons. The lowest BCUT2D eigenvalue weighted by atomic mass is 9.98. The lowest BCUT2D eigenvalue weighted by molar-refractivity contribution is -0.123. The molecule has 1 atom stereocenters. The van der Waals surface area contributed by atoms with Gasteiger partial charge in [0.2, 0.25) is 4.33 Å². The molecule has 0 saturated carbocycles. The molecule has 2 heterocycles. The number of alkyl halides is 2. The predicted octanol–water partition coefficient (Wildman–Crippen LogP) is 5.71. The van der Waals surface area contributed by atoms with Gasteiger partial charge in [-0.1, -0.05) is 71.5 Å². The number of amides is 2. The van der Waals surface area contributed by atoms with Crippen LogP contribution in [0.3, 0.4) is 0 Å². The summed E-state index contributed by atoms with van der Waals surface area (Å²) in [5.41, 5.74) is 1.38. The molecular weight excluding hydrogens is 566 g/mol. The molecule has 3 N–H and O–H groups in total. The van der Waals surface area contributed by atoms with Crippen molar-refractivity contribution in [2.75, 3.05) is 6.54 Å². The molecule has 37 heavy (non-hydrogen) atoms. The van der Waals surface area contributed by atoms with Crippen molar-refractivity contribution in [2.45, 2.75) is 30.6 Å². The average Bonchev–Trinajstić information content (AvgIpc) is 3.32. The SMILES string of the molecule is CC(C)C(NC(=O)O)C(=O)CCNC(=O)C(Cl)(Cl)c1ccnc(-c2cc(-c3c(Cl)cccc3Cl)no2)c1. The van der Waals surface area contributed by atoms with Gasteiger partial charge in [-0.15, -0.1) is 0 Å². The second-order valence-electron chi connectivity index (χ2n) is 8.32. The Morgan fingerprint density at radius 1 is 1.08 bits per heavy atom. The zero-order chi connectivity index (χ0) is 27.3. The predicted molar refractivity (Wildman–Crippen MR) is 141 cm³/mol. The summed E-state index contributed by atoms with van der Waals surface area (Å²) in [6, 6.07) is 8.66. The topological polar surface area (TPSA) is 134 Å². The fourth-order valence-corrected chi connectivity index (χ4v) is 4.43. The molecule has 196 valence electrons. The first-order valence-electron chi connectivity index (χ1n) is 11.0. The van der Waals surface area contributed by atoms with Gasteiger partial charge in [-0.2, -0.15) is 0 Å². The van der Waals surface area contributed by atoms with E-state index < -0.39 is 22.4 Å². The van der Waals surface area contributed by atoms with Crippen LogP contribution < -0.4 is 10.6 Å². The fraction of sp³-hybridized carbons (Fsp3) is 0.292. The lowest BCUT2D eigenvalue weighted by Crippen LogP contribution is -2.45. The second-order valence-corrected chi connectivity index (χ2v) is 10.5. The normalized spacial score (nSPS) is 12.3. The van der Waals surface area contributed by atoms with E-state index in [9.17, 15) is 14.4 Å². The van der Waals surface area contributed by atoms with E-state index in [4.69, 9.17) is 56.0 Å².